The van der Waals surface area contributed by atoms with Crippen LogP contribution >= 0.6 is 0 Å². The number of hydrogen-bond donors (Lipinski definition) is 0. The molecule has 1 aliphatic rings. The summed E-state index contributed by atoms with van der Waals surface area (Å²) in [6.07, 6.45) is 1.76. The van der Waals surface area contributed by atoms with Crippen LogP contribution in [0.15, 0.2) is 0 Å². The maximum atomic E-state index is 11.9. The predicted molar refractivity (Wildman–Crippen MR) is 71.6 cm³/mol. The quantitative estimate of drug-likeness (QED) is 0.780. The molecule has 0 spiro atoms. The first-order valence-corrected chi connectivity index (χ1v) is 6.81. The van der Waals surface area contributed by atoms with Gasteiger partial charge in [0.1, 0.15) is 5.60 Å². The molecule has 0 atom stereocenters. The maximum Gasteiger partial charge on any atom is 0.410 e. The lowest BCUT2D eigenvalue weighted by atomic mass is 9.81. The second-order valence-corrected chi connectivity index (χ2v) is 6.42. The Bertz CT molecular complexity index is 275. The smallest absolute Gasteiger partial charge is 0.410 e. The molecule has 0 aromatic heterocycles. The lowest BCUT2D eigenvalue weighted by Crippen LogP contribution is -2.45. The van der Waals surface area contributed by atoms with Crippen molar-refractivity contribution in [2.24, 2.45) is 5.41 Å². The van der Waals surface area contributed by atoms with Gasteiger partial charge in [0.25, 0.3) is 0 Å². The average molecular weight is 257 g/mol. The van der Waals surface area contributed by atoms with Gasteiger partial charge in [-0.1, -0.05) is 6.92 Å². The number of hydrogen-bond acceptors (Lipinski definition) is 3. The Morgan fingerprint density at radius 3 is 2.28 bits per heavy atom. The van der Waals surface area contributed by atoms with Gasteiger partial charge in [0.2, 0.25) is 0 Å². The van der Waals surface area contributed by atoms with Crippen molar-refractivity contribution >= 4 is 6.09 Å². The second-order valence-electron chi connectivity index (χ2n) is 6.42. The minimum atomic E-state index is -0.414. The van der Waals surface area contributed by atoms with Crippen molar-refractivity contribution in [2.75, 3.05) is 26.3 Å². The van der Waals surface area contributed by atoms with E-state index in [2.05, 4.69) is 6.92 Å². The van der Waals surface area contributed by atoms with Crippen LogP contribution in [0.1, 0.15) is 47.5 Å². The van der Waals surface area contributed by atoms with E-state index in [-0.39, 0.29) is 11.5 Å². The van der Waals surface area contributed by atoms with Gasteiger partial charge in [-0.25, -0.2) is 4.79 Å². The van der Waals surface area contributed by atoms with Crippen molar-refractivity contribution in [3.8, 4) is 0 Å². The summed E-state index contributed by atoms with van der Waals surface area (Å²) in [5, 5.41) is 0. The molecule has 0 radical (unpaired) electrons. The standard InChI is InChI=1S/C14H27NO3/c1-6-17-11-14(5)7-9-15(10-8-14)12(16)18-13(2,3)4/h6-11H2,1-5H3. The van der Waals surface area contributed by atoms with Crippen LogP contribution in [0.25, 0.3) is 0 Å². The summed E-state index contributed by atoms with van der Waals surface area (Å²) >= 11 is 0. The number of piperidine rings is 1. The van der Waals surface area contributed by atoms with E-state index in [1.165, 1.54) is 0 Å². The fraction of sp³-hybridized carbons (Fsp3) is 0.929. The van der Waals surface area contributed by atoms with Crippen LogP contribution in [0.4, 0.5) is 4.79 Å². The average Bonchev–Trinajstić information content (AvgIpc) is 2.25. The largest absolute Gasteiger partial charge is 0.444 e. The molecule has 1 saturated heterocycles. The number of likely N-dealkylation sites (tertiary alicyclic amines) is 1. The van der Waals surface area contributed by atoms with E-state index in [9.17, 15) is 4.79 Å². The number of carbonyl (C=O) groups excluding carboxylic acids is 1. The van der Waals surface area contributed by atoms with E-state index in [4.69, 9.17) is 9.47 Å². The molecule has 0 N–H and O–H groups in total. The van der Waals surface area contributed by atoms with Gasteiger partial charge in [-0.05, 0) is 46.0 Å². The molecule has 0 aromatic carbocycles. The summed E-state index contributed by atoms with van der Waals surface area (Å²) in [5.74, 6) is 0. The van der Waals surface area contributed by atoms with Gasteiger partial charge in [0.15, 0.2) is 0 Å². The molecule has 0 bridgehead atoms. The van der Waals surface area contributed by atoms with Crippen LogP contribution in [0.2, 0.25) is 0 Å². The van der Waals surface area contributed by atoms with Crippen molar-refractivity contribution in [3.05, 3.63) is 0 Å². The number of ether oxygens (including phenoxy) is 2. The Kier molecular flexibility index (Phi) is 5.02. The molecular formula is C14H27NO3. The van der Waals surface area contributed by atoms with E-state index < -0.39 is 5.60 Å². The van der Waals surface area contributed by atoms with Gasteiger partial charge < -0.3 is 14.4 Å². The number of amides is 1. The van der Waals surface area contributed by atoms with E-state index in [1.807, 2.05) is 27.7 Å². The Morgan fingerprint density at radius 2 is 1.83 bits per heavy atom. The highest BCUT2D eigenvalue weighted by molar-refractivity contribution is 5.68. The highest BCUT2D eigenvalue weighted by Crippen LogP contribution is 2.31. The summed E-state index contributed by atoms with van der Waals surface area (Å²) in [6.45, 7) is 13.0. The van der Waals surface area contributed by atoms with Crippen LogP contribution in [0.3, 0.4) is 0 Å². The highest BCUT2D eigenvalue weighted by Gasteiger charge is 2.33. The Balaban J connectivity index is 2.41. The Hall–Kier alpha value is -0.770. The summed E-state index contributed by atoms with van der Waals surface area (Å²) in [5.41, 5.74) is -0.211. The molecule has 1 aliphatic heterocycles. The van der Waals surface area contributed by atoms with Gasteiger partial charge in [0.05, 0.1) is 6.61 Å². The minimum absolute atomic E-state index is 0.194. The van der Waals surface area contributed by atoms with E-state index >= 15 is 0 Å². The molecule has 1 fully saturated rings. The molecule has 1 amide bonds. The third kappa shape index (κ3) is 4.84. The maximum absolute atomic E-state index is 11.9. The number of rotatable bonds is 3. The first-order chi connectivity index (χ1) is 8.26. The Morgan fingerprint density at radius 1 is 1.28 bits per heavy atom. The predicted octanol–water partition coefficient (Wildman–Crippen LogP) is 3.06. The molecule has 0 aliphatic carbocycles. The van der Waals surface area contributed by atoms with Gasteiger partial charge in [-0.3, -0.25) is 0 Å². The van der Waals surface area contributed by atoms with Crippen molar-refractivity contribution < 1.29 is 14.3 Å². The van der Waals surface area contributed by atoms with Crippen LogP contribution in [0, 0.1) is 5.41 Å². The SMILES string of the molecule is CCOCC1(C)CCN(C(=O)OC(C)(C)C)CC1. The molecule has 4 heteroatoms. The molecule has 18 heavy (non-hydrogen) atoms. The Labute approximate surface area is 111 Å². The third-order valence-electron chi connectivity index (χ3n) is 3.28. The zero-order valence-electron chi connectivity index (χ0n) is 12.4. The van der Waals surface area contributed by atoms with Crippen LogP contribution in [0.5, 0.6) is 0 Å². The van der Waals surface area contributed by atoms with Crippen LogP contribution in [-0.4, -0.2) is 42.9 Å². The van der Waals surface area contributed by atoms with Gasteiger partial charge in [0, 0.05) is 19.7 Å². The van der Waals surface area contributed by atoms with Crippen molar-refractivity contribution in [3.63, 3.8) is 0 Å². The summed E-state index contributed by atoms with van der Waals surface area (Å²) in [7, 11) is 0. The molecule has 0 saturated carbocycles. The zero-order valence-corrected chi connectivity index (χ0v) is 12.4. The molecular weight excluding hydrogens is 230 g/mol. The normalized spacial score (nSPS) is 19.7. The summed E-state index contributed by atoms with van der Waals surface area (Å²) in [4.78, 5) is 13.7. The van der Waals surface area contributed by atoms with Gasteiger partial charge in [-0.2, -0.15) is 0 Å². The lowest BCUT2D eigenvalue weighted by molar-refractivity contribution is -0.00762. The van der Waals surface area contributed by atoms with Crippen molar-refractivity contribution in [2.45, 2.75) is 53.1 Å². The second kappa shape index (κ2) is 5.91. The number of carbonyl (C=O) groups is 1. The zero-order chi connectivity index (χ0) is 13.8. The summed E-state index contributed by atoms with van der Waals surface area (Å²) in [6, 6.07) is 0. The van der Waals surface area contributed by atoms with Crippen molar-refractivity contribution in [1.82, 2.24) is 4.90 Å². The number of nitrogens with zero attached hydrogens (tertiary/aromatic N) is 1. The molecule has 106 valence electrons. The van der Waals surface area contributed by atoms with E-state index in [0.29, 0.717) is 0 Å². The van der Waals surface area contributed by atoms with Gasteiger partial charge >= 0.3 is 6.09 Å². The monoisotopic (exact) mass is 257 g/mol. The van der Waals surface area contributed by atoms with E-state index in [1.54, 1.807) is 4.90 Å². The summed E-state index contributed by atoms with van der Waals surface area (Å²) < 4.78 is 10.9. The van der Waals surface area contributed by atoms with Crippen LogP contribution < -0.4 is 0 Å². The van der Waals surface area contributed by atoms with E-state index in [0.717, 1.165) is 39.1 Å². The molecule has 1 heterocycles. The van der Waals surface area contributed by atoms with Gasteiger partial charge in [-0.15, -0.1) is 0 Å². The fourth-order valence-electron chi connectivity index (χ4n) is 2.05. The highest BCUT2D eigenvalue weighted by atomic mass is 16.6. The third-order valence-corrected chi connectivity index (χ3v) is 3.28. The molecule has 4 nitrogen and oxygen atoms in total. The first kappa shape index (κ1) is 15.3. The minimum Gasteiger partial charge on any atom is -0.444 e. The molecule has 0 aromatic rings. The van der Waals surface area contributed by atoms with Crippen LogP contribution in [-0.2, 0) is 9.47 Å². The molecule has 1 rings (SSSR count). The first-order valence-electron chi connectivity index (χ1n) is 6.81. The lowest BCUT2D eigenvalue weighted by Gasteiger charge is -2.39. The topological polar surface area (TPSA) is 38.8 Å². The fourth-order valence-corrected chi connectivity index (χ4v) is 2.05. The van der Waals surface area contributed by atoms with Crippen molar-refractivity contribution in [1.29, 1.82) is 0 Å². The molecule has 0 unspecified atom stereocenters.